The molecule has 1 amide bonds. The SMILES string of the molecule is Cc1ccc2c(c1C)N(CCCC1CCCO1)C(=O)C2=O. The van der Waals surface area contributed by atoms with E-state index in [1.54, 1.807) is 11.0 Å². The highest BCUT2D eigenvalue weighted by Gasteiger charge is 2.36. The van der Waals surface area contributed by atoms with Gasteiger partial charge in [0.05, 0.1) is 17.4 Å². The molecule has 0 aromatic heterocycles. The molecular weight excluding hydrogens is 266 g/mol. The van der Waals surface area contributed by atoms with Crippen molar-refractivity contribution in [1.82, 2.24) is 0 Å². The molecule has 0 radical (unpaired) electrons. The van der Waals surface area contributed by atoms with Gasteiger partial charge in [-0.05, 0) is 56.7 Å². The molecule has 1 atom stereocenters. The van der Waals surface area contributed by atoms with E-state index >= 15 is 0 Å². The fraction of sp³-hybridized carbons (Fsp3) is 0.529. The smallest absolute Gasteiger partial charge is 0.299 e. The van der Waals surface area contributed by atoms with Crippen LogP contribution in [0.15, 0.2) is 12.1 Å². The summed E-state index contributed by atoms with van der Waals surface area (Å²) in [6.07, 6.45) is 4.40. The molecule has 1 fully saturated rings. The molecule has 1 aromatic rings. The number of nitrogens with zero attached hydrogens (tertiary/aromatic N) is 1. The lowest BCUT2D eigenvalue weighted by Crippen LogP contribution is -2.31. The van der Waals surface area contributed by atoms with E-state index in [9.17, 15) is 9.59 Å². The summed E-state index contributed by atoms with van der Waals surface area (Å²) in [4.78, 5) is 25.9. The van der Waals surface area contributed by atoms with Crippen molar-refractivity contribution in [3.8, 4) is 0 Å². The van der Waals surface area contributed by atoms with Crippen molar-refractivity contribution in [1.29, 1.82) is 0 Å². The van der Waals surface area contributed by atoms with E-state index in [0.717, 1.165) is 49.1 Å². The minimum atomic E-state index is -0.383. The zero-order valence-electron chi connectivity index (χ0n) is 12.6. The lowest BCUT2D eigenvalue weighted by atomic mass is 10.0. The fourth-order valence-corrected chi connectivity index (χ4v) is 3.23. The Morgan fingerprint density at radius 1 is 1.29 bits per heavy atom. The number of carbonyl (C=O) groups excluding carboxylic acids is 2. The maximum atomic E-state index is 12.2. The number of aryl methyl sites for hydroxylation is 1. The number of ketones is 1. The maximum absolute atomic E-state index is 12.2. The van der Waals surface area contributed by atoms with Crippen molar-refractivity contribution >= 4 is 17.4 Å². The monoisotopic (exact) mass is 287 g/mol. The highest BCUT2D eigenvalue weighted by atomic mass is 16.5. The molecule has 2 aliphatic rings. The molecule has 0 aliphatic carbocycles. The van der Waals surface area contributed by atoms with E-state index in [0.29, 0.717) is 18.2 Å². The molecule has 3 rings (SSSR count). The van der Waals surface area contributed by atoms with Crippen LogP contribution >= 0.6 is 0 Å². The zero-order valence-corrected chi connectivity index (χ0v) is 12.6. The van der Waals surface area contributed by atoms with Gasteiger partial charge in [-0.1, -0.05) is 6.07 Å². The largest absolute Gasteiger partial charge is 0.378 e. The van der Waals surface area contributed by atoms with Gasteiger partial charge in [0.15, 0.2) is 0 Å². The first-order valence-electron chi connectivity index (χ1n) is 7.67. The average molecular weight is 287 g/mol. The second kappa shape index (κ2) is 5.60. The van der Waals surface area contributed by atoms with Gasteiger partial charge in [0.1, 0.15) is 0 Å². The molecule has 21 heavy (non-hydrogen) atoms. The van der Waals surface area contributed by atoms with Crippen molar-refractivity contribution in [3.05, 3.63) is 28.8 Å². The van der Waals surface area contributed by atoms with Crippen molar-refractivity contribution in [2.24, 2.45) is 0 Å². The van der Waals surface area contributed by atoms with Gasteiger partial charge in [-0.2, -0.15) is 0 Å². The Bertz CT molecular complexity index is 588. The van der Waals surface area contributed by atoms with Gasteiger partial charge in [0, 0.05) is 13.2 Å². The summed E-state index contributed by atoms with van der Waals surface area (Å²) in [5, 5.41) is 0. The molecule has 1 saturated heterocycles. The third kappa shape index (κ3) is 2.48. The number of rotatable bonds is 4. The molecule has 4 nitrogen and oxygen atoms in total. The van der Waals surface area contributed by atoms with Gasteiger partial charge in [0.2, 0.25) is 0 Å². The number of carbonyl (C=O) groups is 2. The Balaban J connectivity index is 1.75. The Kier molecular flexibility index (Phi) is 3.81. The first-order valence-corrected chi connectivity index (χ1v) is 7.67. The summed E-state index contributed by atoms with van der Waals surface area (Å²) in [5.74, 6) is -0.753. The molecule has 0 saturated carbocycles. The van der Waals surface area contributed by atoms with Crippen LogP contribution in [0.5, 0.6) is 0 Å². The Morgan fingerprint density at radius 3 is 2.81 bits per heavy atom. The molecule has 0 N–H and O–H groups in total. The molecule has 1 aromatic carbocycles. The van der Waals surface area contributed by atoms with Gasteiger partial charge >= 0.3 is 0 Å². The molecule has 0 spiro atoms. The Labute approximate surface area is 125 Å². The summed E-state index contributed by atoms with van der Waals surface area (Å²) < 4.78 is 5.61. The Hall–Kier alpha value is -1.68. The van der Waals surface area contributed by atoms with Gasteiger partial charge in [-0.15, -0.1) is 0 Å². The number of fused-ring (bicyclic) bond motifs is 1. The predicted molar refractivity (Wildman–Crippen MR) is 80.8 cm³/mol. The predicted octanol–water partition coefficient (Wildman–Crippen LogP) is 2.79. The molecule has 2 heterocycles. The summed E-state index contributed by atoms with van der Waals surface area (Å²) in [6.45, 7) is 5.44. The van der Waals surface area contributed by atoms with Crippen molar-refractivity contribution < 1.29 is 14.3 Å². The maximum Gasteiger partial charge on any atom is 0.299 e. The van der Waals surface area contributed by atoms with Crippen LogP contribution in [0.2, 0.25) is 0 Å². The number of hydrogen-bond donors (Lipinski definition) is 0. The van der Waals surface area contributed by atoms with Gasteiger partial charge in [-0.25, -0.2) is 0 Å². The third-order valence-corrected chi connectivity index (χ3v) is 4.59. The van der Waals surface area contributed by atoms with E-state index in [1.165, 1.54) is 0 Å². The lowest BCUT2D eigenvalue weighted by molar-refractivity contribution is -0.114. The summed E-state index contributed by atoms with van der Waals surface area (Å²) in [6, 6.07) is 3.69. The first kappa shape index (κ1) is 14.3. The number of benzene rings is 1. The average Bonchev–Trinajstić information content (AvgIpc) is 3.06. The number of ether oxygens (including phenoxy) is 1. The van der Waals surface area contributed by atoms with Crippen LogP contribution in [0.4, 0.5) is 5.69 Å². The van der Waals surface area contributed by atoms with Crippen molar-refractivity contribution in [2.75, 3.05) is 18.1 Å². The third-order valence-electron chi connectivity index (χ3n) is 4.59. The van der Waals surface area contributed by atoms with Crippen LogP contribution in [-0.2, 0) is 9.53 Å². The number of hydrogen-bond acceptors (Lipinski definition) is 3. The van der Waals surface area contributed by atoms with Crippen LogP contribution in [0.1, 0.15) is 47.2 Å². The van der Waals surface area contributed by atoms with Crippen LogP contribution in [0.3, 0.4) is 0 Å². The van der Waals surface area contributed by atoms with Crippen LogP contribution in [0.25, 0.3) is 0 Å². The minimum Gasteiger partial charge on any atom is -0.378 e. The summed E-state index contributed by atoms with van der Waals surface area (Å²) in [5.41, 5.74) is 3.52. The molecular formula is C17H21NO3. The molecule has 4 heteroatoms. The van der Waals surface area contributed by atoms with Gasteiger partial charge in [-0.3, -0.25) is 9.59 Å². The van der Waals surface area contributed by atoms with E-state index in [-0.39, 0.29) is 11.7 Å². The molecule has 1 unspecified atom stereocenters. The van der Waals surface area contributed by atoms with Crippen LogP contribution in [0, 0.1) is 13.8 Å². The Morgan fingerprint density at radius 2 is 2.10 bits per heavy atom. The standard InChI is InChI=1S/C17H21NO3/c1-11-7-8-14-15(12(11)2)18(17(20)16(14)19)9-3-5-13-6-4-10-21-13/h7-8,13H,3-6,9-10H2,1-2H3. The zero-order chi connectivity index (χ0) is 15.0. The van der Waals surface area contributed by atoms with E-state index < -0.39 is 0 Å². The van der Waals surface area contributed by atoms with E-state index in [4.69, 9.17) is 4.74 Å². The lowest BCUT2D eigenvalue weighted by Gasteiger charge is -2.20. The number of anilines is 1. The minimum absolute atomic E-state index is 0.330. The second-order valence-electron chi connectivity index (χ2n) is 5.97. The van der Waals surface area contributed by atoms with Gasteiger partial charge in [0.25, 0.3) is 11.7 Å². The van der Waals surface area contributed by atoms with Crippen molar-refractivity contribution in [3.63, 3.8) is 0 Å². The summed E-state index contributed by atoms with van der Waals surface area (Å²) >= 11 is 0. The first-order chi connectivity index (χ1) is 10.1. The molecule has 2 aliphatic heterocycles. The van der Waals surface area contributed by atoms with Crippen molar-refractivity contribution in [2.45, 2.75) is 45.6 Å². The van der Waals surface area contributed by atoms with E-state index in [2.05, 4.69) is 0 Å². The molecule has 112 valence electrons. The topological polar surface area (TPSA) is 46.6 Å². The van der Waals surface area contributed by atoms with Gasteiger partial charge < -0.3 is 9.64 Å². The number of amides is 1. The fourth-order valence-electron chi connectivity index (χ4n) is 3.23. The normalized spacial score (nSPS) is 21.2. The van der Waals surface area contributed by atoms with Crippen LogP contribution < -0.4 is 4.90 Å². The highest BCUT2D eigenvalue weighted by Crippen LogP contribution is 2.34. The molecule has 0 bridgehead atoms. The van der Waals surface area contributed by atoms with E-state index in [1.807, 2.05) is 19.9 Å². The second-order valence-corrected chi connectivity index (χ2v) is 5.97. The number of Topliss-reactive ketones (excluding diaryl/α,β-unsaturated/α-hetero) is 1. The summed E-state index contributed by atoms with van der Waals surface area (Å²) in [7, 11) is 0. The highest BCUT2D eigenvalue weighted by molar-refractivity contribution is 6.52. The van der Waals surface area contributed by atoms with Crippen LogP contribution in [-0.4, -0.2) is 30.9 Å². The quantitative estimate of drug-likeness (QED) is 0.800.